The van der Waals surface area contributed by atoms with Crippen LogP contribution < -0.4 is 5.73 Å². The maximum atomic E-state index is 10.4. The highest BCUT2D eigenvalue weighted by atomic mass is 16.6. The molecule has 2 rings (SSSR count). The van der Waals surface area contributed by atoms with Crippen molar-refractivity contribution in [2.75, 3.05) is 0 Å². The van der Waals surface area contributed by atoms with Crippen LogP contribution in [-0.2, 0) is 4.74 Å². The number of carbonyl (C=O) groups excluding carboxylic acids is 1. The van der Waals surface area contributed by atoms with Crippen molar-refractivity contribution < 1.29 is 9.53 Å². The van der Waals surface area contributed by atoms with Crippen LogP contribution in [0.3, 0.4) is 0 Å². The van der Waals surface area contributed by atoms with E-state index in [1.54, 1.807) is 0 Å². The zero-order chi connectivity index (χ0) is 9.26. The van der Waals surface area contributed by atoms with E-state index in [2.05, 4.69) is 0 Å². The van der Waals surface area contributed by atoms with Gasteiger partial charge in [0.25, 0.3) is 0 Å². The molecule has 13 heavy (non-hydrogen) atoms. The maximum Gasteiger partial charge on any atom is 0.404 e. The number of amides is 1. The van der Waals surface area contributed by atoms with Crippen LogP contribution in [0.4, 0.5) is 4.79 Å². The van der Waals surface area contributed by atoms with E-state index in [9.17, 15) is 4.79 Å². The van der Waals surface area contributed by atoms with Gasteiger partial charge in [0.15, 0.2) is 0 Å². The molecule has 1 aliphatic carbocycles. The topological polar surface area (TPSA) is 52.3 Å². The molecule has 1 aliphatic rings. The molecule has 1 amide bonds. The summed E-state index contributed by atoms with van der Waals surface area (Å²) in [4.78, 5) is 10.4. The monoisotopic (exact) mass is 177 g/mol. The van der Waals surface area contributed by atoms with E-state index in [4.69, 9.17) is 10.5 Å². The third kappa shape index (κ3) is 1.80. The Bertz CT molecular complexity index is 310. The van der Waals surface area contributed by atoms with Gasteiger partial charge in [-0.05, 0) is 12.0 Å². The van der Waals surface area contributed by atoms with Crippen LogP contribution in [-0.4, -0.2) is 12.2 Å². The predicted octanol–water partition coefficient (Wildman–Crippen LogP) is 1.64. The molecule has 0 radical (unpaired) electrons. The van der Waals surface area contributed by atoms with Gasteiger partial charge in [-0.15, -0.1) is 0 Å². The molecule has 2 atom stereocenters. The number of benzene rings is 1. The molecule has 0 aliphatic heterocycles. The number of rotatable bonds is 2. The lowest BCUT2D eigenvalue weighted by Gasteiger charge is -1.99. The highest BCUT2D eigenvalue weighted by Gasteiger charge is 2.41. The molecule has 2 N–H and O–H groups in total. The summed E-state index contributed by atoms with van der Waals surface area (Å²) >= 11 is 0. The lowest BCUT2D eigenvalue weighted by molar-refractivity contribution is 0.147. The van der Waals surface area contributed by atoms with Crippen molar-refractivity contribution in [1.82, 2.24) is 0 Å². The second-order valence-corrected chi connectivity index (χ2v) is 3.23. The lowest BCUT2D eigenvalue weighted by atomic mass is 10.1. The van der Waals surface area contributed by atoms with E-state index in [0.29, 0.717) is 5.92 Å². The molecule has 1 saturated carbocycles. The van der Waals surface area contributed by atoms with Gasteiger partial charge in [-0.1, -0.05) is 30.3 Å². The Balaban J connectivity index is 1.97. The average molecular weight is 177 g/mol. The van der Waals surface area contributed by atoms with Crippen LogP contribution in [0.2, 0.25) is 0 Å². The summed E-state index contributed by atoms with van der Waals surface area (Å²) < 4.78 is 4.87. The van der Waals surface area contributed by atoms with Gasteiger partial charge in [0.2, 0.25) is 0 Å². The molecule has 0 saturated heterocycles. The predicted molar refractivity (Wildman–Crippen MR) is 48.3 cm³/mol. The van der Waals surface area contributed by atoms with E-state index in [0.717, 1.165) is 6.42 Å². The molecule has 1 aromatic carbocycles. The molecule has 1 aromatic rings. The normalized spacial score (nSPS) is 25.2. The van der Waals surface area contributed by atoms with Crippen LogP contribution in [0.15, 0.2) is 30.3 Å². The Morgan fingerprint density at radius 2 is 2.08 bits per heavy atom. The van der Waals surface area contributed by atoms with E-state index < -0.39 is 6.09 Å². The van der Waals surface area contributed by atoms with E-state index in [-0.39, 0.29) is 6.10 Å². The van der Waals surface area contributed by atoms with Gasteiger partial charge in [-0.2, -0.15) is 0 Å². The Kier molecular flexibility index (Phi) is 1.93. The largest absolute Gasteiger partial charge is 0.446 e. The van der Waals surface area contributed by atoms with Crippen molar-refractivity contribution >= 4 is 6.09 Å². The SMILES string of the molecule is NC(=O)O[C@@H]1C[C@H]1c1ccccc1. The second kappa shape index (κ2) is 3.09. The van der Waals surface area contributed by atoms with Gasteiger partial charge in [0, 0.05) is 5.92 Å². The summed E-state index contributed by atoms with van der Waals surface area (Å²) in [6.45, 7) is 0. The van der Waals surface area contributed by atoms with Gasteiger partial charge in [-0.3, -0.25) is 0 Å². The molecule has 3 nitrogen and oxygen atoms in total. The molecule has 3 heteroatoms. The quantitative estimate of drug-likeness (QED) is 0.746. The third-order valence-electron chi connectivity index (χ3n) is 2.23. The van der Waals surface area contributed by atoms with Crippen LogP contribution in [0.25, 0.3) is 0 Å². The van der Waals surface area contributed by atoms with Crippen molar-refractivity contribution in [3.05, 3.63) is 35.9 Å². The fourth-order valence-corrected chi connectivity index (χ4v) is 1.50. The number of ether oxygens (including phenoxy) is 1. The van der Waals surface area contributed by atoms with Gasteiger partial charge < -0.3 is 10.5 Å². The molecule has 1 fully saturated rings. The second-order valence-electron chi connectivity index (χ2n) is 3.23. The molecule has 0 unspecified atom stereocenters. The highest BCUT2D eigenvalue weighted by Crippen LogP contribution is 2.42. The van der Waals surface area contributed by atoms with Crippen LogP contribution in [0.5, 0.6) is 0 Å². The van der Waals surface area contributed by atoms with Gasteiger partial charge in [0.1, 0.15) is 6.10 Å². The van der Waals surface area contributed by atoms with Crippen molar-refractivity contribution in [3.8, 4) is 0 Å². The Labute approximate surface area is 76.5 Å². The molecular formula is C10H11NO2. The summed E-state index contributed by atoms with van der Waals surface area (Å²) in [6.07, 6.45) is 0.218. The zero-order valence-corrected chi connectivity index (χ0v) is 7.14. The minimum Gasteiger partial charge on any atom is -0.446 e. The molecule has 68 valence electrons. The fraction of sp³-hybridized carbons (Fsp3) is 0.300. The first-order valence-electron chi connectivity index (χ1n) is 4.28. The summed E-state index contributed by atoms with van der Waals surface area (Å²) in [7, 11) is 0. The van der Waals surface area contributed by atoms with Crippen molar-refractivity contribution in [2.24, 2.45) is 5.73 Å². The summed E-state index contributed by atoms with van der Waals surface area (Å²) in [6, 6.07) is 10.0. The fourth-order valence-electron chi connectivity index (χ4n) is 1.50. The Hall–Kier alpha value is -1.51. The van der Waals surface area contributed by atoms with Crippen LogP contribution in [0, 0.1) is 0 Å². The third-order valence-corrected chi connectivity index (χ3v) is 2.23. The molecule has 0 heterocycles. The standard InChI is InChI=1S/C10H11NO2/c11-10(12)13-9-6-8(9)7-4-2-1-3-5-7/h1-5,8-9H,6H2,(H2,11,12)/t8-,9+/m0/s1. The first-order valence-corrected chi connectivity index (χ1v) is 4.28. The van der Waals surface area contributed by atoms with E-state index in [1.165, 1.54) is 5.56 Å². The number of carbonyl (C=O) groups is 1. The smallest absolute Gasteiger partial charge is 0.404 e. The lowest BCUT2D eigenvalue weighted by Crippen LogP contribution is -2.14. The molecular weight excluding hydrogens is 166 g/mol. The van der Waals surface area contributed by atoms with Crippen LogP contribution in [0.1, 0.15) is 17.9 Å². The number of hydrogen-bond acceptors (Lipinski definition) is 2. The minimum atomic E-state index is -0.677. The maximum absolute atomic E-state index is 10.4. The van der Waals surface area contributed by atoms with Crippen molar-refractivity contribution in [1.29, 1.82) is 0 Å². The van der Waals surface area contributed by atoms with E-state index >= 15 is 0 Å². The zero-order valence-electron chi connectivity index (χ0n) is 7.14. The molecule has 0 spiro atoms. The summed E-state index contributed by atoms with van der Waals surface area (Å²) in [5.74, 6) is 0.355. The summed E-state index contributed by atoms with van der Waals surface area (Å²) in [5, 5.41) is 0. The van der Waals surface area contributed by atoms with Gasteiger partial charge in [-0.25, -0.2) is 4.79 Å². The van der Waals surface area contributed by atoms with Crippen LogP contribution >= 0.6 is 0 Å². The number of nitrogens with two attached hydrogens (primary N) is 1. The van der Waals surface area contributed by atoms with Gasteiger partial charge >= 0.3 is 6.09 Å². The molecule has 0 bridgehead atoms. The Morgan fingerprint density at radius 1 is 1.38 bits per heavy atom. The first-order chi connectivity index (χ1) is 6.27. The summed E-state index contributed by atoms with van der Waals surface area (Å²) in [5.41, 5.74) is 6.13. The first kappa shape index (κ1) is 8.10. The van der Waals surface area contributed by atoms with Gasteiger partial charge in [0.05, 0.1) is 0 Å². The van der Waals surface area contributed by atoms with Crippen molar-refractivity contribution in [2.45, 2.75) is 18.4 Å². The number of hydrogen-bond donors (Lipinski definition) is 1. The Morgan fingerprint density at radius 3 is 2.69 bits per heavy atom. The minimum absolute atomic E-state index is 0.0000926. The average Bonchev–Trinajstić information content (AvgIpc) is 2.84. The van der Waals surface area contributed by atoms with E-state index in [1.807, 2.05) is 30.3 Å². The molecule has 0 aromatic heterocycles. The highest BCUT2D eigenvalue weighted by molar-refractivity contribution is 5.65. The number of primary amides is 1. The van der Waals surface area contributed by atoms with Crippen molar-refractivity contribution in [3.63, 3.8) is 0 Å².